The Bertz CT molecular complexity index is 258. The summed E-state index contributed by atoms with van der Waals surface area (Å²) in [6, 6.07) is 11.2. The zero-order valence-electron chi connectivity index (χ0n) is 8.03. The molecule has 2 heteroatoms. The summed E-state index contributed by atoms with van der Waals surface area (Å²) in [5, 5.41) is 3.39. The van der Waals surface area contributed by atoms with Crippen molar-refractivity contribution < 1.29 is 0 Å². The van der Waals surface area contributed by atoms with E-state index in [1.54, 1.807) is 0 Å². The lowest BCUT2D eigenvalue weighted by Crippen LogP contribution is -2.49. The summed E-state index contributed by atoms with van der Waals surface area (Å²) in [5.41, 5.74) is 1.34. The average Bonchev–Trinajstić information content (AvgIpc) is 2.20. The summed E-state index contributed by atoms with van der Waals surface area (Å²) in [4.78, 5) is 2.45. The fourth-order valence-corrected chi connectivity index (χ4v) is 1.84. The SMILES string of the molecule is CC1CNCCN1c1ccccc1. The molecule has 70 valence electrons. The van der Waals surface area contributed by atoms with Crippen LogP contribution in [0.15, 0.2) is 30.3 Å². The van der Waals surface area contributed by atoms with Crippen LogP contribution in [0.2, 0.25) is 0 Å². The number of para-hydroxylation sites is 1. The van der Waals surface area contributed by atoms with E-state index in [1.807, 2.05) is 0 Å². The van der Waals surface area contributed by atoms with Crippen LogP contribution in [0.3, 0.4) is 0 Å². The van der Waals surface area contributed by atoms with Crippen LogP contribution >= 0.6 is 0 Å². The van der Waals surface area contributed by atoms with Gasteiger partial charge in [0.25, 0.3) is 0 Å². The van der Waals surface area contributed by atoms with E-state index in [-0.39, 0.29) is 0 Å². The van der Waals surface area contributed by atoms with E-state index in [2.05, 4.69) is 47.5 Å². The number of nitrogens with one attached hydrogen (secondary N) is 1. The second kappa shape index (κ2) is 3.79. The van der Waals surface area contributed by atoms with Crippen LogP contribution in [0, 0.1) is 0 Å². The van der Waals surface area contributed by atoms with Gasteiger partial charge in [0.15, 0.2) is 0 Å². The molecule has 2 rings (SSSR count). The summed E-state index contributed by atoms with van der Waals surface area (Å²) in [5.74, 6) is 0. The van der Waals surface area contributed by atoms with Crippen LogP contribution in [-0.2, 0) is 0 Å². The van der Waals surface area contributed by atoms with Gasteiger partial charge >= 0.3 is 0 Å². The highest BCUT2D eigenvalue weighted by atomic mass is 15.2. The lowest BCUT2D eigenvalue weighted by molar-refractivity contribution is 0.501. The molecule has 1 fully saturated rings. The number of hydrogen-bond donors (Lipinski definition) is 1. The van der Waals surface area contributed by atoms with Gasteiger partial charge in [-0.2, -0.15) is 0 Å². The molecular formula is C11H16N2. The van der Waals surface area contributed by atoms with Gasteiger partial charge in [-0.1, -0.05) is 18.2 Å². The molecule has 1 aliphatic heterocycles. The van der Waals surface area contributed by atoms with Crippen molar-refractivity contribution >= 4 is 5.69 Å². The van der Waals surface area contributed by atoms with Crippen molar-refractivity contribution in [2.75, 3.05) is 24.5 Å². The van der Waals surface area contributed by atoms with E-state index < -0.39 is 0 Å². The minimum Gasteiger partial charge on any atom is -0.366 e. The monoisotopic (exact) mass is 176 g/mol. The molecule has 0 saturated carbocycles. The van der Waals surface area contributed by atoms with Crippen molar-refractivity contribution in [3.05, 3.63) is 30.3 Å². The summed E-state index contributed by atoms with van der Waals surface area (Å²) in [6.45, 7) is 5.57. The molecule has 0 aromatic heterocycles. The second-order valence-electron chi connectivity index (χ2n) is 3.58. The van der Waals surface area contributed by atoms with E-state index in [4.69, 9.17) is 0 Å². The molecule has 1 N–H and O–H groups in total. The maximum Gasteiger partial charge on any atom is 0.0386 e. The van der Waals surface area contributed by atoms with Gasteiger partial charge in [0.1, 0.15) is 0 Å². The number of anilines is 1. The Labute approximate surface area is 79.6 Å². The van der Waals surface area contributed by atoms with Crippen LogP contribution in [0.1, 0.15) is 6.92 Å². The quantitative estimate of drug-likeness (QED) is 0.697. The lowest BCUT2D eigenvalue weighted by atomic mass is 10.2. The molecule has 0 bridgehead atoms. The Morgan fingerprint density at radius 1 is 1.31 bits per heavy atom. The van der Waals surface area contributed by atoms with Gasteiger partial charge in [-0.25, -0.2) is 0 Å². The molecule has 1 aromatic rings. The molecule has 1 aliphatic rings. The standard InChI is InChI=1S/C11H16N2/c1-10-9-12-7-8-13(10)11-5-3-2-4-6-11/h2-6,10,12H,7-9H2,1H3. The molecule has 1 aromatic carbocycles. The molecule has 1 atom stereocenters. The number of benzene rings is 1. The smallest absolute Gasteiger partial charge is 0.0386 e. The van der Waals surface area contributed by atoms with Gasteiger partial charge in [0.05, 0.1) is 0 Å². The second-order valence-corrected chi connectivity index (χ2v) is 3.58. The molecule has 0 aliphatic carbocycles. The Morgan fingerprint density at radius 3 is 2.77 bits per heavy atom. The zero-order valence-corrected chi connectivity index (χ0v) is 8.03. The third kappa shape index (κ3) is 1.83. The largest absolute Gasteiger partial charge is 0.366 e. The highest BCUT2D eigenvalue weighted by Gasteiger charge is 2.17. The third-order valence-corrected chi connectivity index (χ3v) is 2.59. The Kier molecular flexibility index (Phi) is 2.50. The Balaban J connectivity index is 2.15. The molecule has 1 heterocycles. The maximum absolute atomic E-state index is 3.39. The summed E-state index contributed by atoms with van der Waals surface area (Å²) in [6.07, 6.45) is 0. The van der Waals surface area contributed by atoms with Gasteiger partial charge in [0.2, 0.25) is 0 Å². The van der Waals surface area contributed by atoms with Crippen LogP contribution < -0.4 is 10.2 Å². The molecule has 13 heavy (non-hydrogen) atoms. The van der Waals surface area contributed by atoms with Crippen LogP contribution in [0.25, 0.3) is 0 Å². The van der Waals surface area contributed by atoms with Crippen LogP contribution in [0.5, 0.6) is 0 Å². The molecule has 0 amide bonds. The molecule has 1 unspecified atom stereocenters. The first kappa shape index (κ1) is 8.57. The number of rotatable bonds is 1. The van der Waals surface area contributed by atoms with E-state index in [0.717, 1.165) is 19.6 Å². The van der Waals surface area contributed by atoms with E-state index in [1.165, 1.54) is 5.69 Å². The minimum absolute atomic E-state index is 0.608. The van der Waals surface area contributed by atoms with Gasteiger partial charge in [-0.15, -0.1) is 0 Å². The first-order chi connectivity index (χ1) is 6.38. The van der Waals surface area contributed by atoms with Gasteiger partial charge in [-0.3, -0.25) is 0 Å². The number of piperazine rings is 1. The number of hydrogen-bond acceptors (Lipinski definition) is 2. The van der Waals surface area contributed by atoms with Crippen LogP contribution in [0.4, 0.5) is 5.69 Å². The van der Waals surface area contributed by atoms with E-state index in [0.29, 0.717) is 6.04 Å². The summed E-state index contributed by atoms with van der Waals surface area (Å²) >= 11 is 0. The van der Waals surface area contributed by atoms with Crippen molar-refractivity contribution in [3.8, 4) is 0 Å². The summed E-state index contributed by atoms with van der Waals surface area (Å²) in [7, 11) is 0. The topological polar surface area (TPSA) is 15.3 Å². The molecule has 2 nitrogen and oxygen atoms in total. The van der Waals surface area contributed by atoms with Crippen LogP contribution in [-0.4, -0.2) is 25.7 Å². The van der Waals surface area contributed by atoms with E-state index >= 15 is 0 Å². The number of nitrogens with zero attached hydrogens (tertiary/aromatic N) is 1. The first-order valence-electron chi connectivity index (χ1n) is 4.90. The van der Waals surface area contributed by atoms with Gasteiger partial charge < -0.3 is 10.2 Å². The maximum atomic E-state index is 3.39. The van der Waals surface area contributed by atoms with Crippen molar-refractivity contribution in [2.45, 2.75) is 13.0 Å². The van der Waals surface area contributed by atoms with Gasteiger partial charge in [0, 0.05) is 31.4 Å². The molecule has 0 radical (unpaired) electrons. The van der Waals surface area contributed by atoms with Crippen molar-refractivity contribution in [1.29, 1.82) is 0 Å². The highest BCUT2D eigenvalue weighted by molar-refractivity contribution is 5.47. The minimum atomic E-state index is 0.608. The highest BCUT2D eigenvalue weighted by Crippen LogP contribution is 2.16. The van der Waals surface area contributed by atoms with Crippen molar-refractivity contribution in [1.82, 2.24) is 5.32 Å². The Morgan fingerprint density at radius 2 is 2.08 bits per heavy atom. The first-order valence-corrected chi connectivity index (χ1v) is 4.90. The predicted octanol–water partition coefficient (Wildman–Crippen LogP) is 1.48. The van der Waals surface area contributed by atoms with Crippen molar-refractivity contribution in [3.63, 3.8) is 0 Å². The molecule has 1 saturated heterocycles. The van der Waals surface area contributed by atoms with E-state index in [9.17, 15) is 0 Å². The Hall–Kier alpha value is -1.02. The summed E-state index contributed by atoms with van der Waals surface area (Å²) < 4.78 is 0. The fraction of sp³-hybridized carbons (Fsp3) is 0.455. The average molecular weight is 176 g/mol. The van der Waals surface area contributed by atoms with Gasteiger partial charge in [-0.05, 0) is 19.1 Å². The third-order valence-electron chi connectivity index (χ3n) is 2.59. The predicted molar refractivity (Wildman–Crippen MR) is 56.1 cm³/mol. The normalized spacial score (nSPS) is 23.2. The molecule has 0 spiro atoms. The fourth-order valence-electron chi connectivity index (χ4n) is 1.84. The van der Waals surface area contributed by atoms with Crippen molar-refractivity contribution in [2.24, 2.45) is 0 Å². The zero-order chi connectivity index (χ0) is 9.10. The molecular weight excluding hydrogens is 160 g/mol. The lowest BCUT2D eigenvalue weighted by Gasteiger charge is -2.35.